The molecular formula is C18H29N5O2. The van der Waals surface area contributed by atoms with Crippen LogP contribution in [-0.4, -0.2) is 59.9 Å². The first kappa shape index (κ1) is 17.9. The lowest BCUT2D eigenvalue weighted by atomic mass is 10.1. The van der Waals surface area contributed by atoms with Crippen LogP contribution in [-0.2, 0) is 11.8 Å². The molecule has 3 heterocycles. The summed E-state index contributed by atoms with van der Waals surface area (Å²) in [5, 5.41) is 7.16. The number of hydrogen-bond donors (Lipinski definition) is 1. The first-order valence-corrected chi connectivity index (χ1v) is 9.39. The molecule has 1 N–H and O–H groups in total. The van der Waals surface area contributed by atoms with E-state index in [0.29, 0.717) is 18.9 Å². The molecule has 1 aromatic heterocycles. The van der Waals surface area contributed by atoms with E-state index in [2.05, 4.69) is 20.2 Å². The summed E-state index contributed by atoms with van der Waals surface area (Å²) in [6, 6.07) is 1.63. The Morgan fingerprint density at radius 2 is 2.08 bits per heavy atom. The summed E-state index contributed by atoms with van der Waals surface area (Å²) in [7, 11) is 1.65. The average molecular weight is 347 g/mol. The van der Waals surface area contributed by atoms with E-state index in [0.717, 1.165) is 44.8 Å². The quantitative estimate of drug-likeness (QED) is 0.816. The molecular weight excluding hydrogens is 318 g/mol. The molecule has 7 heteroatoms. The summed E-state index contributed by atoms with van der Waals surface area (Å²) in [5.74, 6) is 0.585. The Morgan fingerprint density at radius 1 is 1.28 bits per heavy atom. The summed E-state index contributed by atoms with van der Waals surface area (Å²) >= 11 is 0. The summed E-state index contributed by atoms with van der Waals surface area (Å²) in [5.41, 5.74) is 0.786. The molecule has 0 aromatic carbocycles. The van der Waals surface area contributed by atoms with Crippen LogP contribution >= 0.6 is 0 Å². The summed E-state index contributed by atoms with van der Waals surface area (Å²) in [4.78, 5) is 28.4. The standard InChI is InChI=1S/C18H29N5O2/c1-21-18(25)11-16(13-20-21)23-10-5-15(14-23)12-19-17(24)6-9-22-7-3-2-4-8-22/h11,13,15H,2-10,12,14H2,1H3,(H,19,24)/t15-/m0/s1. The molecule has 3 rings (SSSR count). The summed E-state index contributed by atoms with van der Waals surface area (Å²) in [6.07, 6.45) is 7.20. The molecule has 2 fully saturated rings. The van der Waals surface area contributed by atoms with Crippen LogP contribution in [0.4, 0.5) is 5.69 Å². The molecule has 0 unspecified atom stereocenters. The second kappa shape index (κ2) is 8.47. The number of likely N-dealkylation sites (tertiary alicyclic amines) is 1. The van der Waals surface area contributed by atoms with Gasteiger partial charge in [0.15, 0.2) is 0 Å². The van der Waals surface area contributed by atoms with Gasteiger partial charge in [-0.3, -0.25) is 9.59 Å². The van der Waals surface area contributed by atoms with E-state index in [1.54, 1.807) is 19.3 Å². The Hall–Kier alpha value is -1.89. The Balaban J connectivity index is 1.38. The molecule has 0 spiro atoms. The van der Waals surface area contributed by atoms with Gasteiger partial charge in [-0.2, -0.15) is 5.10 Å². The van der Waals surface area contributed by atoms with Crippen LogP contribution in [0.3, 0.4) is 0 Å². The number of piperidine rings is 1. The van der Waals surface area contributed by atoms with Gasteiger partial charge >= 0.3 is 0 Å². The predicted octanol–water partition coefficient (Wildman–Crippen LogP) is 0.599. The lowest BCUT2D eigenvalue weighted by Gasteiger charge is -2.26. The summed E-state index contributed by atoms with van der Waals surface area (Å²) < 4.78 is 1.33. The van der Waals surface area contributed by atoms with E-state index in [9.17, 15) is 9.59 Å². The van der Waals surface area contributed by atoms with Gasteiger partial charge in [-0.1, -0.05) is 6.42 Å². The molecule has 0 bridgehead atoms. The second-order valence-electron chi connectivity index (χ2n) is 7.23. The number of carbonyl (C=O) groups is 1. The van der Waals surface area contributed by atoms with Gasteiger partial charge in [0.1, 0.15) is 0 Å². The van der Waals surface area contributed by atoms with Crippen molar-refractivity contribution in [1.29, 1.82) is 0 Å². The number of rotatable bonds is 6. The number of nitrogens with one attached hydrogen (secondary N) is 1. The van der Waals surface area contributed by atoms with Gasteiger partial charge in [0.25, 0.3) is 5.56 Å². The van der Waals surface area contributed by atoms with Crippen molar-refractivity contribution in [3.05, 3.63) is 22.6 Å². The van der Waals surface area contributed by atoms with Crippen LogP contribution in [0.2, 0.25) is 0 Å². The SMILES string of the molecule is Cn1ncc(N2CC[C@@H](CNC(=O)CCN3CCCCC3)C2)cc1=O. The maximum Gasteiger partial charge on any atom is 0.268 e. The minimum atomic E-state index is -0.0908. The van der Waals surface area contributed by atoms with Crippen molar-refractivity contribution in [2.45, 2.75) is 32.1 Å². The first-order chi connectivity index (χ1) is 12.1. The highest BCUT2D eigenvalue weighted by atomic mass is 16.1. The van der Waals surface area contributed by atoms with Crippen LogP contribution in [0.5, 0.6) is 0 Å². The predicted molar refractivity (Wildman–Crippen MR) is 97.7 cm³/mol. The monoisotopic (exact) mass is 347 g/mol. The Kier molecular flexibility index (Phi) is 6.07. The van der Waals surface area contributed by atoms with Crippen molar-refractivity contribution in [3.63, 3.8) is 0 Å². The topological polar surface area (TPSA) is 70.5 Å². The van der Waals surface area contributed by atoms with Gasteiger partial charge in [0, 0.05) is 45.7 Å². The van der Waals surface area contributed by atoms with E-state index in [4.69, 9.17) is 0 Å². The zero-order valence-corrected chi connectivity index (χ0v) is 15.1. The van der Waals surface area contributed by atoms with E-state index in [1.165, 1.54) is 23.9 Å². The zero-order valence-electron chi connectivity index (χ0n) is 15.1. The first-order valence-electron chi connectivity index (χ1n) is 9.39. The van der Waals surface area contributed by atoms with Gasteiger partial charge in [0.2, 0.25) is 5.91 Å². The van der Waals surface area contributed by atoms with Crippen LogP contribution in [0, 0.1) is 5.92 Å². The van der Waals surface area contributed by atoms with Gasteiger partial charge < -0.3 is 15.1 Å². The van der Waals surface area contributed by atoms with Gasteiger partial charge in [-0.05, 0) is 38.3 Å². The lowest BCUT2D eigenvalue weighted by Crippen LogP contribution is -2.36. The highest BCUT2D eigenvalue weighted by Gasteiger charge is 2.23. The van der Waals surface area contributed by atoms with Crippen molar-refractivity contribution in [3.8, 4) is 0 Å². The molecule has 25 heavy (non-hydrogen) atoms. The largest absolute Gasteiger partial charge is 0.370 e. The molecule has 1 atom stereocenters. The number of anilines is 1. The molecule has 0 radical (unpaired) electrons. The smallest absolute Gasteiger partial charge is 0.268 e. The zero-order chi connectivity index (χ0) is 17.6. The van der Waals surface area contributed by atoms with Crippen molar-refractivity contribution in [1.82, 2.24) is 20.0 Å². The number of carbonyl (C=O) groups excluding carboxylic acids is 1. The highest BCUT2D eigenvalue weighted by molar-refractivity contribution is 5.76. The van der Waals surface area contributed by atoms with Gasteiger partial charge in [0.05, 0.1) is 11.9 Å². The minimum Gasteiger partial charge on any atom is -0.370 e. The normalized spacial score (nSPS) is 21.5. The van der Waals surface area contributed by atoms with Crippen LogP contribution < -0.4 is 15.8 Å². The molecule has 138 valence electrons. The molecule has 0 aliphatic carbocycles. The van der Waals surface area contributed by atoms with Crippen molar-refractivity contribution < 1.29 is 4.79 Å². The third-order valence-corrected chi connectivity index (χ3v) is 5.30. The molecule has 1 amide bonds. The fourth-order valence-corrected chi connectivity index (χ4v) is 3.66. The minimum absolute atomic E-state index is 0.0908. The van der Waals surface area contributed by atoms with E-state index < -0.39 is 0 Å². The molecule has 0 saturated carbocycles. The van der Waals surface area contributed by atoms with Crippen LogP contribution in [0.15, 0.2) is 17.1 Å². The maximum absolute atomic E-state index is 12.1. The Bertz CT molecular complexity index is 639. The van der Waals surface area contributed by atoms with Crippen molar-refractivity contribution in [2.24, 2.45) is 13.0 Å². The van der Waals surface area contributed by atoms with Crippen molar-refractivity contribution >= 4 is 11.6 Å². The highest BCUT2D eigenvalue weighted by Crippen LogP contribution is 2.21. The third kappa shape index (κ3) is 5.04. The van der Waals surface area contributed by atoms with E-state index in [-0.39, 0.29) is 11.5 Å². The van der Waals surface area contributed by atoms with Gasteiger partial charge in [-0.15, -0.1) is 0 Å². The molecule has 2 aliphatic rings. The number of hydrogen-bond acceptors (Lipinski definition) is 5. The van der Waals surface area contributed by atoms with Crippen molar-refractivity contribution in [2.75, 3.05) is 44.2 Å². The number of aryl methyl sites for hydroxylation is 1. The molecule has 2 saturated heterocycles. The third-order valence-electron chi connectivity index (χ3n) is 5.30. The van der Waals surface area contributed by atoms with E-state index >= 15 is 0 Å². The molecule has 1 aromatic rings. The molecule has 7 nitrogen and oxygen atoms in total. The summed E-state index contributed by atoms with van der Waals surface area (Å²) in [6.45, 7) is 5.63. The lowest BCUT2D eigenvalue weighted by molar-refractivity contribution is -0.121. The number of aromatic nitrogens is 2. The second-order valence-corrected chi connectivity index (χ2v) is 7.23. The Labute approximate surface area is 149 Å². The van der Waals surface area contributed by atoms with Crippen LogP contribution in [0.1, 0.15) is 32.1 Å². The van der Waals surface area contributed by atoms with E-state index in [1.807, 2.05) is 0 Å². The average Bonchev–Trinajstić information content (AvgIpc) is 3.10. The number of amides is 1. The van der Waals surface area contributed by atoms with Crippen LogP contribution in [0.25, 0.3) is 0 Å². The van der Waals surface area contributed by atoms with Gasteiger partial charge in [-0.25, -0.2) is 4.68 Å². The Morgan fingerprint density at radius 3 is 2.84 bits per heavy atom. The number of nitrogens with zero attached hydrogens (tertiary/aromatic N) is 4. The fourth-order valence-electron chi connectivity index (χ4n) is 3.66. The maximum atomic E-state index is 12.1. The fraction of sp³-hybridized carbons (Fsp3) is 0.722. The molecule has 2 aliphatic heterocycles.